The second kappa shape index (κ2) is 6.34. The van der Waals surface area contributed by atoms with Crippen LogP contribution >= 0.6 is 0 Å². The molecule has 4 nitrogen and oxygen atoms in total. The highest BCUT2D eigenvalue weighted by atomic mass is 19.4. The first-order chi connectivity index (χ1) is 10.5. The van der Waals surface area contributed by atoms with Crippen molar-refractivity contribution < 1.29 is 22.6 Å². The van der Waals surface area contributed by atoms with E-state index in [2.05, 4.69) is 4.90 Å². The maximum atomic E-state index is 12.4. The quantitative estimate of drug-likeness (QED) is 0.853. The van der Waals surface area contributed by atoms with Gasteiger partial charge in [0, 0.05) is 38.3 Å². The Morgan fingerprint density at radius 1 is 0.955 bits per heavy atom. The van der Waals surface area contributed by atoms with Crippen LogP contribution in [0.15, 0.2) is 18.2 Å². The van der Waals surface area contributed by atoms with E-state index in [9.17, 15) is 13.2 Å². The van der Waals surface area contributed by atoms with Crippen molar-refractivity contribution in [2.45, 2.75) is 12.7 Å². The van der Waals surface area contributed by atoms with E-state index in [0.717, 1.165) is 17.1 Å². The lowest BCUT2D eigenvalue weighted by Crippen LogP contribution is -2.48. The molecule has 1 aromatic carbocycles. The third-order valence-corrected chi connectivity index (χ3v) is 3.91. The van der Waals surface area contributed by atoms with E-state index in [4.69, 9.17) is 9.47 Å². The molecule has 2 heterocycles. The van der Waals surface area contributed by atoms with Crippen LogP contribution in [0, 0.1) is 0 Å². The molecular formula is C15H19F3N2O2. The number of rotatable bonds is 3. The Balaban J connectivity index is 1.57. The molecule has 0 radical (unpaired) electrons. The topological polar surface area (TPSA) is 24.9 Å². The molecule has 7 heteroatoms. The van der Waals surface area contributed by atoms with Gasteiger partial charge in [-0.15, -0.1) is 0 Å². The predicted molar refractivity (Wildman–Crippen MR) is 75.2 cm³/mol. The molecule has 0 aliphatic carbocycles. The largest absolute Gasteiger partial charge is 0.486 e. The zero-order valence-corrected chi connectivity index (χ0v) is 12.2. The molecule has 0 saturated carbocycles. The van der Waals surface area contributed by atoms with Crippen molar-refractivity contribution in [1.29, 1.82) is 0 Å². The average molecular weight is 316 g/mol. The second-order valence-electron chi connectivity index (χ2n) is 5.61. The first-order valence-electron chi connectivity index (χ1n) is 7.40. The van der Waals surface area contributed by atoms with Crippen molar-refractivity contribution in [3.05, 3.63) is 23.8 Å². The summed E-state index contributed by atoms with van der Waals surface area (Å²) in [5.74, 6) is 1.52. The van der Waals surface area contributed by atoms with E-state index in [1.54, 1.807) is 0 Å². The Hall–Kier alpha value is -1.47. The van der Waals surface area contributed by atoms with E-state index < -0.39 is 12.7 Å². The fraction of sp³-hybridized carbons (Fsp3) is 0.600. The number of para-hydroxylation sites is 1. The highest BCUT2D eigenvalue weighted by Gasteiger charge is 2.32. The van der Waals surface area contributed by atoms with Gasteiger partial charge in [0.2, 0.25) is 0 Å². The molecule has 0 atom stereocenters. The highest BCUT2D eigenvalue weighted by Crippen LogP contribution is 2.34. The van der Waals surface area contributed by atoms with Crippen LogP contribution in [0.1, 0.15) is 5.56 Å². The summed E-state index contributed by atoms with van der Waals surface area (Å²) in [6.45, 7) is 3.06. The molecule has 0 spiro atoms. The van der Waals surface area contributed by atoms with Crippen LogP contribution in [-0.2, 0) is 6.54 Å². The van der Waals surface area contributed by atoms with E-state index in [1.165, 1.54) is 4.90 Å². The molecule has 22 heavy (non-hydrogen) atoms. The molecular weight excluding hydrogens is 297 g/mol. The lowest BCUT2D eigenvalue weighted by atomic mass is 10.1. The third-order valence-electron chi connectivity index (χ3n) is 3.91. The summed E-state index contributed by atoms with van der Waals surface area (Å²) in [4.78, 5) is 3.61. The Kier molecular flexibility index (Phi) is 4.44. The van der Waals surface area contributed by atoms with Crippen LogP contribution < -0.4 is 9.47 Å². The smallest absolute Gasteiger partial charge is 0.401 e. The Bertz CT molecular complexity index is 514. The summed E-state index contributed by atoms with van der Waals surface area (Å²) in [5, 5.41) is 0. The number of alkyl halides is 3. The first-order valence-corrected chi connectivity index (χ1v) is 7.40. The molecule has 0 unspecified atom stereocenters. The van der Waals surface area contributed by atoms with Gasteiger partial charge in [0.05, 0.1) is 6.54 Å². The van der Waals surface area contributed by atoms with Crippen LogP contribution in [0.4, 0.5) is 13.2 Å². The maximum absolute atomic E-state index is 12.4. The molecule has 0 amide bonds. The monoisotopic (exact) mass is 316 g/mol. The standard InChI is InChI=1S/C15H19F3N2O2/c16-15(17,18)11-20-6-4-19(5-7-20)10-12-2-1-3-13-14(12)22-9-8-21-13/h1-3H,4-11H2. The van der Waals surface area contributed by atoms with Crippen LogP contribution in [0.2, 0.25) is 0 Å². The van der Waals surface area contributed by atoms with Gasteiger partial charge in [-0.1, -0.05) is 12.1 Å². The SMILES string of the molecule is FC(F)(F)CN1CCN(Cc2cccc3c2OCCO3)CC1. The number of halogens is 3. The van der Waals surface area contributed by atoms with Gasteiger partial charge in [-0.25, -0.2) is 0 Å². The molecule has 1 saturated heterocycles. The van der Waals surface area contributed by atoms with Crippen LogP contribution in [0.25, 0.3) is 0 Å². The summed E-state index contributed by atoms with van der Waals surface area (Å²) in [6, 6.07) is 5.78. The number of piperazine rings is 1. The molecule has 0 aromatic heterocycles. The predicted octanol–water partition coefficient (Wildman–Crippen LogP) is 2.14. The Morgan fingerprint density at radius 3 is 2.36 bits per heavy atom. The number of ether oxygens (including phenoxy) is 2. The van der Waals surface area contributed by atoms with Gasteiger partial charge >= 0.3 is 6.18 Å². The summed E-state index contributed by atoms with van der Waals surface area (Å²) >= 11 is 0. The summed E-state index contributed by atoms with van der Waals surface area (Å²) in [7, 11) is 0. The fourth-order valence-electron chi connectivity index (χ4n) is 2.86. The maximum Gasteiger partial charge on any atom is 0.401 e. The van der Waals surface area contributed by atoms with Crippen LogP contribution in [-0.4, -0.2) is 61.9 Å². The second-order valence-corrected chi connectivity index (χ2v) is 5.61. The molecule has 0 N–H and O–H groups in total. The van der Waals surface area contributed by atoms with Crippen LogP contribution in [0.3, 0.4) is 0 Å². The van der Waals surface area contributed by atoms with Crippen molar-refractivity contribution in [3.63, 3.8) is 0 Å². The van der Waals surface area contributed by atoms with Gasteiger partial charge in [-0.2, -0.15) is 13.2 Å². The van der Waals surface area contributed by atoms with E-state index >= 15 is 0 Å². The van der Waals surface area contributed by atoms with Crippen LogP contribution in [0.5, 0.6) is 11.5 Å². The van der Waals surface area contributed by atoms with Crippen molar-refractivity contribution in [1.82, 2.24) is 9.80 Å². The first kappa shape index (κ1) is 15.4. The number of benzene rings is 1. The zero-order chi connectivity index (χ0) is 15.6. The van der Waals surface area contributed by atoms with Gasteiger partial charge in [0.1, 0.15) is 13.2 Å². The number of fused-ring (bicyclic) bond motifs is 1. The van der Waals surface area contributed by atoms with Crippen molar-refractivity contribution >= 4 is 0 Å². The molecule has 0 bridgehead atoms. The minimum absolute atomic E-state index is 0.436. The minimum atomic E-state index is -4.12. The fourth-order valence-corrected chi connectivity index (χ4v) is 2.86. The minimum Gasteiger partial charge on any atom is -0.486 e. The number of hydrogen-bond donors (Lipinski definition) is 0. The average Bonchev–Trinajstić information content (AvgIpc) is 2.48. The van der Waals surface area contributed by atoms with Gasteiger partial charge in [0.15, 0.2) is 11.5 Å². The Morgan fingerprint density at radius 2 is 1.64 bits per heavy atom. The van der Waals surface area contributed by atoms with E-state index in [-0.39, 0.29) is 0 Å². The third kappa shape index (κ3) is 3.84. The summed E-state index contributed by atoms with van der Waals surface area (Å²) in [5.41, 5.74) is 1.03. The van der Waals surface area contributed by atoms with Crippen molar-refractivity contribution in [3.8, 4) is 11.5 Å². The van der Waals surface area contributed by atoms with E-state index in [0.29, 0.717) is 45.9 Å². The van der Waals surface area contributed by atoms with Gasteiger partial charge in [-0.3, -0.25) is 9.80 Å². The highest BCUT2D eigenvalue weighted by molar-refractivity contribution is 5.47. The van der Waals surface area contributed by atoms with Gasteiger partial charge in [0.25, 0.3) is 0 Å². The van der Waals surface area contributed by atoms with Gasteiger partial charge < -0.3 is 9.47 Å². The summed E-state index contributed by atoms with van der Waals surface area (Å²) < 4.78 is 48.4. The molecule has 2 aliphatic heterocycles. The lowest BCUT2D eigenvalue weighted by molar-refractivity contribution is -0.149. The summed E-state index contributed by atoms with van der Waals surface area (Å²) in [6.07, 6.45) is -4.12. The molecule has 1 fully saturated rings. The molecule has 1 aromatic rings. The normalized spacial score (nSPS) is 20.1. The number of hydrogen-bond acceptors (Lipinski definition) is 4. The van der Waals surface area contributed by atoms with Crippen molar-refractivity contribution in [2.75, 3.05) is 45.9 Å². The molecule has 2 aliphatic rings. The van der Waals surface area contributed by atoms with E-state index in [1.807, 2.05) is 18.2 Å². The van der Waals surface area contributed by atoms with Crippen molar-refractivity contribution in [2.24, 2.45) is 0 Å². The molecule has 3 rings (SSSR count). The number of nitrogens with zero attached hydrogens (tertiary/aromatic N) is 2. The lowest BCUT2D eigenvalue weighted by Gasteiger charge is -2.35. The van der Waals surface area contributed by atoms with Gasteiger partial charge in [-0.05, 0) is 6.07 Å². The zero-order valence-electron chi connectivity index (χ0n) is 12.2. The Labute approximate surface area is 127 Å². The molecule has 122 valence electrons.